The third kappa shape index (κ3) is 1.91. The van der Waals surface area contributed by atoms with Crippen molar-refractivity contribution in [1.82, 2.24) is 5.32 Å². The van der Waals surface area contributed by atoms with Crippen LogP contribution in [0.3, 0.4) is 0 Å². The van der Waals surface area contributed by atoms with Crippen LogP contribution >= 0.6 is 0 Å². The summed E-state index contributed by atoms with van der Waals surface area (Å²) in [4.78, 5) is 11.6. The molecular weight excluding hydrogens is 164 g/mol. The van der Waals surface area contributed by atoms with Gasteiger partial charge in [-0.05, 0) is 25.7 Å². The third-order valence-electron chi connectivity index (χ3n) is 2.91. The summed E-state index contributed by atoms with van der Waals surface area (Å²) >= 11 is 0. The molecule has 0 radical (unpaired) electrons. The quantitative estimate of drug-likeness (QED) is 0.610. The summed E-state index contributed by atoms with van der Waals surface area (Å²) < 4.78 is 0. The van der Waals surface area contributed by atoms with Gasteiger partial charge in [-0.2, -0.15) is 0 Å². The van der Waals surface area contributed by atoms with Gasteiger partial charge in [0.2, 0.25) is 5.91 Å². The zero-order valence-corrected chi connectivity index (χ0v) is 7.70. The summed E-state index contributed by atoms with van der Waals surface area (Å²) in [5.41, 5.74) is 5.67. The summed E-state index contributed by atoms with van der Waals surface area (Å²) in [6, 6.07) is 0.523. The van der Waals surface area contributed by atoms with Crippen LogP contribution in [-0.4, -0.2) is 18.0 Å². The third-order valence-corrected chi connectivity index (χ3v) is 2.91. The van der Waals surface area contributed by atoms with Crippen LogP contribution in [0, 0.1) is 5.92 Å². The van der Waals surface area contributed by atoms with E-state index in [4.69, 9.17) is 5.73 Å². The molecule has 2 aliphatic rings. The van der Waals surface area contributed by atoms with E-state index in [1.165, 1.54) is 6.42 Å². The molecule has 0 saturated heterocycles. The van der Waals surface area contributed by atoms with Crippen molar-refractivity contribution < 1.29 is 4.79 Å². The number of hydrogen-bond acceptors (Lipinski definition) is 2. The van der Waals surface area contributed by atoms with Gasteiger partial charge in [0, 0.05) is 12.1 Å². The molecule has 72 valence electrons. The molecular formula is C10H16N2O. The van der Waals surface area contributed by atoms with Crippen molar-refractivity contribution in [2.24, 2.45) is 11.7 Å². The van der Waals surface area contributed by atoms with Crippen LogP contribution < -0.4 is 11.1 Å². The number of hydrogen-bond donors (Lipinski definition) is 2. The van der Waals surface area contributed by atoms with Crippen LogP contribution in [0.25, 0.3) is 0 Å². The van der Waals surface area contributed by atoms with Gasteiger partial charge in [0.1, 0.15) is 0 Å². The SMILES string of the molecule is NC1C=CC(C(=O)NC2CCC2)C1. The second-order valence-corrected chi connectivity index (χ2v) is 4.03. The zero-order valence-electron chi connectivity index (χ0n) is 7.70. The molecule has 3 nitrogen and oxygen atoms in total. The van der Waals surface area contributed by atoms with Gasteiger partial charge in [-0.3, -0.25) is 4.79 Å². The van der Waals surface area contributed by atoms with E-state index in [1.807, 2.05) is 12.2 Å². The monoisotopic (exact) mass is 180 g/mol. The van der Waals surface area contributed by atoms with Gasteiger partial charge < -0.3 is 11.1 Å². The number of carbonyl (C=O) groups excluding carboxylic acids is 1. The first kappa shape index (κ1) is 8.75. The number of rotatable bonds is 2. The zero-order chi connectivity index (χ0) is 9.26. The highest BCUT2D eigenvalue weighted by atomic mass is 16.1. The largest absolute Gasteiger partial charge is 0.353 e. The number of nitrogens with one attached hydrogen (secondary N) is 1. The summed E-state index contributed by atoms with van der Waals surface area (Å²) in [5, 5.41) is 3.03. The van der Waals surface area contributed by atoms with Gasteiger partial charge in [-0.15, -0.1) is 0 Å². The first-order chi connectivity index (χ1) is 6.25. The Labute approximate surface area is 78.4 Å². The molecule has 13 heavy (non-hydrogen) atoms. The normalized spacial score (nSPS) is 33.0. The number of carbonyl (C=O) groups is 1. The van der Waals surface area contributed by atoms with E-state index in [2.05, 4.69) is 5.32 Å². The topological polar surface area (TPSA) is 55.1 Å². The molecule has 0 spiro atoms. The molecule has 2 rings (SSSR count). The van der Waals surface area contributed by atoms with E-state index in [1.54, 1.807) is 0 Å². The lowest BCUT2D eigenvalue weighted by atomic mass is 9.92. The molecule has 2 unspecified atom stereocenters. The Morgan fingerprint density at radius 1 is 1.38 bits per heavy atom. The molecule has 0 aliphatic heterocycles. The number of nitrogens with two attached hydrogens (primary N) is 1. The Kier molecular flexibility index (Phi) is 2.36. The minimum Gasteiger partial charge on any atom is -0.353 e. The number of amides is 1. The molecule has 0 bridgehead atoms. The average Bonchev–Trinajstić information content (AvgIpc) is 2.44. The van der Waals surface area contributed by atoms with E-state index in [9.17, 15) is 4.79 Å². The van der Waals surface area contributed by atoms with Crippen molar-refractivity contribution >= 4 is 5.91 Å². The fraction of sp³-hybridized carbons (Fsp3) is 0.700. The fourth-order valence-corrected chi connectivity index (χ4v) is 1.78. The summed E-state index contributed by atoms with van der Waals surface area (Å²) in [7, 11) is 0. The fourth-order valence-electron chi connectivity index (χ4n) is 1.78. The average molecular weight is 180 g/mol. The highest BCUT2D eigenvalue weighted by Crippen LogP contribution is 2.21. The Morgan fingerprint density at radius 3 is 2.62 bits per heavy atom. The van der Waals surface area contributed by atoms with Gasteiger partial charge >= 0.3 is 0 Å². The Balaban J connectivity index is 1.80. The van der Waals surface area contributed by atoms with Crippen LogP contribution in [0.4, 0.5) is 0 Å². The molecule has 0 aromatic carbocycles. The lowest BCUT2D eigenvalue weighted by Gasteiger charge is -2.27. The Bertz CT molecular complexity index is 233. The van der Waals surface area contributed by atoms with Gasteiger partial charge in [0.05, 0.1) is 5.92 Å². The van der Waals surface area contributed by atoms with Crippen molar-refractivity contribution in [2.45, 2.75) is 37.8 Å². The van der Waals surface area contributed by atoms with E-state index in [0.29, 0.717) is 6.04 Å². The second kappa shape index (κ2) is 3.50. The minimum atomic E-state index is 0.0237. The lowest BCUT2D eigenvalue weighted by Crippen LogP contribution is -2.42. The van der Waals surface area contributed by atoms with Crippen molar-refractivity contribution in [3.05, 3.63) is 12.2 Å². The van der Waals surface area contributed by atoms with Crippen LogP contribution in [0.1, 0.15) is 25.7 Å². The first-order valence-corrected chi connectivity index (χ1v) is 5.00. The summed E-state index contributed by atoms with van der Waals surface area (Å²) in [6.07, 6.45) is 8.18. The lowest BCUT2D eigenvalue weighted by molar-refractivity contribution is -0.124. The Hall–Kier alpha value is -0.830. The van der Waals surface area contributed by atoms with Crippen molar-refractivity contribution in [2.75, 3.05) is 0 Å². The molecule has 3 N–H and O–H groups in total. The molecule has 1 amide bonds. The highest BCUT2D eigenvalue weighted by Gasteiger charge is 2.26. The first-order valence-electron chi connectivity index (χ1n) is 5.00. The Morgan fingerprint density at radius 2 is 2.15 bits per heavy atom. The molecule has 1 fully saturated rings. The van der Waals surface area contributed by atoms with Crippen LogP contribution in [0.2, 0.25) is 0 Å². The maximum Gasteiger partial charge on any atom is 0.227 e. The maximum absolute atomic E-state index is 11.6. The van der Waals surface area contributed by atoms with Gasteiger partial charge in [0.25, 0.3) is 0 Å². The molecule has 0 aromatic rings. The van der Waals surface area contributed by atoms with E-state index in [0.717, 1.165) is 19.3 Å². The van der Waals surface area contributed by atoms with Gasteiger partial charge in [-0.1, -0.05) is 12.2 Å². The van der Waals surface area contributed by atoms with Crippen molar-refractivity contribution in [3.63, 3.8) is 0 Å². The molecule has 0 heterocycles. The molecule has 2 atom stereocenters. The summed E-state index contributed by atoms with van der Waals surface area (Å²) in [6.45, 7) is 0. The van der Waals surface area contributed by atoms with Gasteiger partial charge in [-0.25, -0.2) is 0 Å². The van der Waals surface area contributed by atoms with E-state index in [-0.39, 0.29) is 17.9 Å². The summed E-state index contributed by atoms with van der Waals surface area (Å²) in [5.74, 6) is 0.185. The predicted octanol–water partition coefficient (Wildman–Crippen LogP) is 0.558. The standard InChI is InChI=1S/C10H16N2O/c11-8-5-4-7(6-8)10(13)12-9-2-1-3-9/h4-5,7-9H,1-3,6,11H2,(H,12,13). The molecule has 3 heteroatoms. The van der Waals surface area contributed by atoms with E-state index >= 15 is 0 Å². The maximum atomic E-state index is 11.6. The van der Waals surface area contributed by atoms with Crippen molar-refractivity contribution in [3.8, 4) is 0 Å². The van der Waals surface area contributed by atoms with E-state index < -0.39 is 0 Å². The minimum absolute atomic E-state index is 0.0237. The smallest absolute Gasteiger partial charge is 0.227 e. The van der Waals surface area contributed by atoms with Crippen molar-refractivity contribution in [1.29, 1.82) is 0 Å². The second-order valence-electron chi connectivity index (χ2n) is 4.03. The molecule has 2 aliphatic carbocycles. The van der Waals surface area contributed by atoms with Crippen LogP contribution in [-0.2, 0) is 4.79 Å². The molecule has 0 aromatic heterocycles. The van der Waals surface area contributed by atoms with Gasteiger partial charge in [0.15, 0.2) is 0 Å². The predicted molar refractivity (Wildman–Crippen MR) is 51.0 cm³/mol. The highest BCUT2D eigenvalue weighted by molar-refractivity contribution is 5.81. The molecule has 1 saturated carbocycles. The van der Waals surface area contributed by atoms with Crippen LogP contribution in [0.15, 0.2) is 12.2 Å². The van der Waals surface area contributed by atoms with Crippen LogP contribution in [0.5, 0.6) is 0 Å².